The molecule has 0 N–H and O–H groups in total. The van der Waals surface area contributed by atoms with Crippen LogP contribution in [0.3, 0.4) is 0 Å². The Kier molecular flexibility index (Phi) is 8.25. The summed E-state index contributed by atoms with van der Waals surface area (Å²) in [5.74, 6) is 1.11. The van der Waals surface area contributed by atoms with E-state index in [1.807, 2.05) is 0 Å². The molecule has 0 spiro atoms. The molecule has 0 heterocycles. The predicted octanol–water partition coefficient (Wildman–Crippen LogP) is 7.70. The number of hydrogen-bond acceptors (Lipinski definition) is 0. The molecule has 1 aromatic carbocycles. The average molecular weight is 325 g/mol. The van der Waals surface area contributed by atoms with Crippen molar-refractivity contribution in [3.63, 3.8) is 0 Å². The van der Waals surface area contributed by atoms with Crippen LogP contribution in [-0.4, -0.2) is 0 Å². The Hall–Kier alpha value is -1.56. The second-order valence-electron chi connectivity index (χ2n) is 7.66. The van der Waals surface area contributed by atoms with Crippen molar-refractivity contribution >= 4 is 0 Å². The smallest absolute Gasteiger partial charge is 0.0138 e. The first kappa shape index (κ1) is 20.5. The molecule has 0 nitrogen and oxygen atoms in total. The average Bonchev–Trinajstić information content (AvgIpc) is 2.59. The van der Waals surface area contributed by atoms with Crippen LogP contribution in [0.25, 0.3) is 0 Å². The van der Waals surface area contributed by atoms with Crippen molar-refractivity contribution in [1.29, 1.82) is 0 Å². The summed E-state index contributed by atoms with van der Waals surface area (Å²) in [4.78, 5) is 0. The number of hydrogen-bond donors (Lipinski definition) is 0. The van der Waals surface area contributed by atoms with Gasteiger partial charge in [0.05, 0.1) is 0 Å². The first-order valence-corrected chi connectivity index (χ1v) is 9.31. The third kappa shape index (κ3) is 6.15. The summed E-state index contributed by atoms with van der Waals surface area (Å²) in [7, 11) is 0. The molecule has 24 heavy (non-hydrogen) atoms. The Bertz CT molecular complexity index is 549. The number of rotatable bonds is 10. The van der Waals surface area contributed by atoms with Gasteiger partial charge in [0.15, 0.2) is 0 Å². The molecule has 0 aliphatic carbocycles. The van der Waals surface area contributed by atoms with Crippen LogP contribution in [0.2, 0.25) is 0 Å². The third-order valence-electron chi connectivity index (χ3n) is 5.44. The van der Waals surface area contributed by atoms with Crippen LogP contribution >= 0.6 is 0 Å². The summed E-state index contributed by atoms with van der Waals surface area (Å²) in [6.07, 6.45) is 8.95. The highest BCUT2D eigenvalue weighted by Crippen LogP contribution is 2.42. The van der Waals surface area contributed by atoms with Crippen molar-refractivity contribution in [2.75, 3.05) is 0 Å². The van der Waals surface area contributed by atoms with E-state index in [9.17, 15) is 0 Å². The van der Waals surface area contributed by atoms with E-state index in [1.54, 1.807) is 0 Å². The van der Waals surface area contributed by atoms with E-state index in [0.717, 1.165) is 19.3 Å². The van der Waals surface area contributed by atoms with E-state index in [4.69, 9.17) is 0 Å². The zero-order valence-electron chi connectivity index (χ0n) is 16.4. The van der Waals surface area contributed by atoms with Gasteiger partial charge in [-0.3, -0.25) is 0 Å². The first-order chi connectivity index (χ1) is 11.3. The van der Waals surface area contributed by atoms with E-state index in [0.29, 0.717) is 11.8 Å². The number of allylic oxidation sites excluding steroid dienone is 4. The second-order valence-corrected chi connectivity index (χ2v) is 7.66. The van der Waals surface area contributed by atoms with E-state index >= 15 is 0 Å². The van der Waals surface area contributed by atoms with E-state index in [1.165, 1.54) is 23.1 Å². The maximum absolute atomic E-state index is 4.26. The fraction of sp³-hybridized carbons (Fsp3) is 0.500. The number of benzene rings is 1. The van der Waals surface area contributed by atoms with Gasteiger partial charge in [-0.1, -0.05) is 74.1 Å². The standard InChI is InChI=1S/C24H36/c1-8-20(6)16-23(19(4)5)18-24(7,10-3)17-21(9-2)22-14-12-11-13-15-22/h8,10-15,21,23H,3-4,9,16-18H2,1-2,5-7H3. The Morgan fingerprint density at radius 1 is 1.17 bits per heavy atom. The fourth-order valence-electron chi connectivity index (χ4n) is 3.53. The first-order valence-electron chi connectivity index (χ1n) is 9.31. The molecule has 0 aliphatic heterocycles. The Morgan fingerprint density at radius 2 is 1.79 bits per heavy atom. The molecule has 0 amide bonds. The molecule has 0 aromatic heterocycles. The van der Waals surface area contributed by atoms with Gasteiger partial charge in [0.1, 0.15) is 0 Å². The summed E-state index contributed by atoms with van der Waals surface area (Å²) in [5, 5.41) is 0. The normalized spacial score (nSPS) is 17.0. The van der Waals surface area contributed by atoms with Gasteiger partial charge < -0.3 is 0 Å². The van der Waals surface area contributed by atoms with Crippen molar-refractivity contribution in [1.82, 2.24) is 0 Å². The van der Waals surface area contributed by atoms with E-state index in [-0.39, 0.29) is 5.41 Å². The van der Waals surface area contributed by atoms with Crippen LogP contribution in [0.4, 0.5) is 0 Å². The molecule has 0 heteroatoms. The zero-order chi connectivity index (χ0) is 18.2. The van der Waals surface area contributed by atoms with Crippen molar-refractivity contribution in [2.45, 2.75) is 66.2 Å². The molecule has 3 unspecified atom stereocenters. The molecule has 0 aliphatic rings. The Balaban J connectivity index is 2.93. The molecule has 132 valence electrons. The molecule has 1 rings (SSSR count). The highest BCUT2D eigenvalue weighted by Gasteiger charge is 2.29. The largest absolute Gasteiger partial charge is 0.103 e. The van der Waals surface area contributed by atoms with Crippen LogP contribution in [-0.2, 0) is 0 Å². The lowest BCUT2D eigenvalue weighted by Gasteiger charge is -2.34. The summed E-state index contributed by atoms with van der Waals surface area (Å²) in [6, 6.07) is 10.9. The van der Waals surface area contributed by atoms with E-state index in [2.05, 4.69) is 90.3 Å². The zero-order valence-corrected chi connectivity index (χ0v) is 16.4. The molecule has 0 fully saturated rings. The Morgan fingerprint density at radius 3 is 2.25 bits per heavy atom. The van der Waals surface area contributed by atoms with Crippen LogP contribution in [0.15, 0.2) is 66.8 Å². The molecular weight excluding hydrogens is 288 g/mol. The molecule has 0 radical (unpaired) electrons. The van der Waals surface area contributed by atoms with Gasteiger partial charge in [-0.25, -0.2) is 0 Å². The minimum absolute atomic E-state index is 0.133. The van der Waals surface area contributed by atoms with Crippen molar-refractivity contribution < 1.29 is 0 Å². The van der Waals surface area contributed by atoms with Gasteiger partial charge in [-0.05, 0) is 69.3 Å². The van der Waals surface area contributed by atoms with Gasteiger partial charge in [0, 0.05) is 0 Å². The summed E-state index contributed by atoms with van der Waals surface area (Å²) in [5.41, 5.74) is 4.32. The minimum atomic E-state index is 0.133. The molecule has 0 saturated heterocycles. The molecular formula is C24H36. The van der Waals surface area contributed by atoms with Gasteiger partial charge in [-0.2, -0.15) is 0 Å². The minimum Gasteiger partial charge on any atom is -0.103 e. The van der Waals surface area contributed by atoms with Crippen LogP contribution < -0.4 is 0 Å². The summed E-state index contributed by atoms with van der Waals surface area (Å²) >= 11 is 0. The molecule has 0 bridgehead atoms. The van der Waals surface area contributed by atoms with Gasteiger partial charge in [0.2, 0.25) is 0 Å². The molecule has 1 aromatic rings. The Labute approximate surface area is 150 Å². The molecule has 0 saturated carbocycles. The topological polar surface area (TPSA) is 0 Å². The van der Waals surface area contributed by atoms with Crippen LogP contribution in [0.5, 0.6) is 0 Å². The van der Waals surface area contributed by atoms with Gasteiger partial charge in [0.25, 0.3) is 0 Å². The lowest BCUT2D eigenvalue weighted by Crippen LogP contribution is -2.22. The maximum atomic E-state index is 4.26. The maximum Gasteiger partial charge on any atom is -0.0138 e. The molecule has 3 atom stereocenters. The van der Waals surface area contributed by atoms with E-state index < -0.39 is 0 Å². The van der Waals surface area contributed by atoms with Crippen molar-refractivity contribution in [3.8, 4) is 0 Å². The summed E-state index contributed by atoms with van der Waals surface area (Å²) < 4.78 is 0. The van der Waals surface area contributed by atoms with Gasteiger partial charge >= 0.3 is 0 Å². The van der Waals surface area contributed by atoms with Crippen molar-refractivity contribution in [2.24, 2.45) is 11.3 Å². The lowest BCUT2D eigenvalue weighted by atomic mass is 9.70. The van der Waals surface area contributed by atoms with Crippen LogP contribution in [0.1, 0.15) is 71.8 Å². The SMILES string of the molecule is C=CC(C)(CC(CC(C)=CC)C(=C)C)CC(CC)c1ccccc1. The summed E-state index contributed by atoms with van der Waals surface area (Å²) in [6.45, 7) is 19.6. The van der Waals surface area contributed by atoms with Crippen molar-refractivity contribution in [3.05, 3.63) is 72.4 Å². The predicted molar refractivity (Wildman–Crippen MR) is 109 cm³/mol. The lowest BCUT2D eigenvalue weighted by molar-refractivity contribution is 0.281. The quantitative estimate of drug-likeness (QED) is 0.387. The van der Waals surface area contributed by atoms with Crippen LogP contribution in [0, 0.1) is 11.3 Å². The third-order valence-corrected chi connectivity index (χ3v) is 5.44. The highest BCUT2D eigenvalue weighted by atomic mass is 14.3. The fourth-order valence-corrected chi connectivity index (χ4v) is 3.53. The highest BCUT2D eigenvalue weighted by molar-refractivity contribution is 5.20. The monoisotopic (exact) mass is 324 g/mol. The van der Waals surface area contributed by atoms with Gasteiger partial charge in [-0.15, -0.1) is 6.58 Å². The second kappa shape index (κ2) is 9.67.